The van der Waals surface area contributed by atoms with Crippen LogP contribution in [0.15, 0.2) is 12.4 Å². The van der Waals surface area contributed by atoms with Crippen molar-refractivity contribution in [3.8, 4) is 0 Å². The fraction of sp³-hybridized carbons (Fsp3) is 0.778. The molecule has 0 radical (unpaired) electrons. The summed E-state index contributed by atoms with van der Waals surface area (Å²) < 4.78 is 30.7. The van der Waals surface area contributed by atoms with Crippen LogP contribution in [-0.4, -0.2) is 72.3 Å². The third-order valence-electron chi connectivity index (χ3n) is 3.41. The van der Waals surface area contributed by atoms with Gasteiger partial charge in [0.05, 0.1) is 39.6 Å². The predicted molar refractivity (Wildman–Crippen MR) is 99.2 cm³/mol. The van der Waals surface area contributed by atoms with Gasteiger partial charge in [0, 0.05) is 34.4 Å². The smallest absolute Gasteiger partial charge is 0.282 e. The largest absolute Gasteiger partial charge is 0.385 e. The predicted octanol–water partition coefficient (Wildman–Crippen LogP) is 1.09. The lowest BCUT2D eigenvalue weighted by Gasteiger charge is -2.07. The second kappa shape index (κ2) is 20.0. The van der Waals surface area contributed by atoms with E-state index in [2.05, 4.69) is 21.5 Å². The Bertz CT molecular complexity index is 414. The van der Waals surface area contributed by atoms with E-state index in [9.17, 15) is 0 Å². The number of nitrogens with zero attached hydrogens (tertiary/aromatic N) is 2. The summed E-state index contributed by atoms with van der Waals surface area (Å²) in [5, 5.41) is 0. The quantitative estimate of drug-likeness (QED) is 0.337. The lowest BCUT2D eigenvalue weighted by Crippen LogP contribution is -2.38. The van der Waals surface area contributed by atoms with Crippen LogP contribution in [0.1, 0.15) is 19.7 Å². The zero-order valence-electron chi connectivity index (χ0n) is 15.8. The Hall–Kier alpha value is -1.32. The number of carbonyl (C=O) groups excluding carboxylic acids is 1. The fourth-order valence-corrected chi connectivity index (χ4v) is 2.16. The Morgan fingerprint density at radius 2 is 1.54 bits per heavy atom. The molecule has 1 rings (SSSR count). The van der Waals surface area contributed by atoms with Crippen molar-refractivity contribution < 1.29 is 33.0 Å². The summed E-state index contributed by atoms with van der Waals surface area (Å²) in [5.41, 5.74) is 0. The van der Waals surface area contributed by atoms with E-state index in [0.717, 1.165) is 31.9 Å². The van der Waals surface area contributed by atoms with Crippen LogP contribution in [0.5, 0.6) is 0 Å². The summed E-state index contributed by atoms with van der Waals surface area (Å²) >= 11 is 0. The van der Waals surface area contributed by atoms with Gasteiger partial charge < -0.3 is 28.5 Å². The number of rotatable bonds is 15. The van der Waals surface area contributed by atoms with Crippen molar-refractivity contribution >= 4 is 6.79 Å². The van der Waals surface area contributed by atoms with Gasteiger partial charge in [0.15, 0.2) is 0 Å². The number of hydrogen-bond donors (Lipinski definition) is 0. The highest BCUT2D eigenvalue weighted by Crippen LogP contribution is 2.00. The van der Waals surface area contributed by atoms with Crippen molar-refractivity contribution in [3.05, 3.63) is 18.2 Å². The maximum absolute atomic E-state index is 8.00. The average molecular weight is 378 g/mol. The summed E-state index contributed by atoms with van der Waals surface area (Å²) in [6.07, 6.45) is 5.13. The van der Waals surface area contributed by atoms with E-state index >= 15 is 0 Å². The molecule has 1 heterocycles. The first-order chi connectivity index (χ1) is 12.3. The van der Waals surface area contributed by atoms with Crippen LogP contribution >= 0.6 is 0 Å². The highest BCUT2D eigenvalue weighted by atomic mass is 16.5. The van der Waals surface area contributed by atoms with Crippen molar-refractivity contribution in [2.75, 3.05) is 61.0 Å². The van der Waals surface area contributed by atoms with Crippen molar-refractivity contribution in [3.63, 3.8) is 0 Å². The lowest BCUT2D eigenvalue weighted by atomic mass is 10.4. The molecule has 26 heavy (non-hydrogen) atoms. The molecule has 0 fully saturated rings. The molecule has 0 aliphatic rings. The number of aryl methyl sites for hydroxylation is 1. The number of ether oxygens (including phenoxy) is 5. The minimum absolute atomic E-state index is 0. The molecule has 0 saturated heterocycles. The molecule has 0 atom stereocenters. The van der Waals surface area contributed by atoms with Crippen LogP contribution < -0.4 is 4.57 Å². The first-order valence-corrected chi connectivity index (χ1v) is 8.32. The molecule has 0 bridgehead atoms. The van der Waals surface area contributed by atoms with Crippen LogP contribution in [0.4, 0.5) is 0 Å². The molecule has 8 heteroatoms. The molecule has 0 aliphatic heterocycles. The van der Waals surface area contributed by atoms with Gasteiger partial charge in [0.2, 0.25) is 0 Å². The zero-order valence-corrected chi connectivity index (χ0v) is 15.8. The van der Waals surface area contributed by atoms with Crippen molar-refractivity contribution in [1.82, 2.24) is 4.57 Å². The second-order valence-corrected chi connectivity index (χ2v) is 5.10. The van der Waals surface area contributed by atoms with Crippen LogP contribution in [-0.2, 0) is 48.2 Å². The molecular weight excluding hydrogens is 340 g/mol. The molecule has 1 aromatic heterocycles. The SMILES string of the molecule is C.C=O.COCCC[n+]1ccn(CCOCCOC)c1COCCOC. The van der Waals surface area contributed by atoms with Gasteiger partial charge in [-0.05, 0) is 0 Å². The highest BCUT2D eigenvalue weighted by Gasteiger charge is 2.17. The number of aromatic nitrogens is 2. The minimum Gasteiger partial charge on any atom is -0.385 e. The molecule has 0 aliphatic carbocycles. The first-order valence-electron chi connectivity index (χ1n) is 8.32. The van der Waals surface area contributed by atoms with Gasteiger partial charge in [-0.1, -0.05) is 7.43 Å². The number of methoxy groups -OCH3 is 3. The summed E-state index contributed by atoms with van der Waals surface area (Å²) in [6.45, 7) is 8.10. The molecule has 0 saturated carbocycles. The van der Waals surface area contributed by atoms with Gasteiger partial charge in [0.25, 0.3) is 5.82 Å². The third-order valence-corrected chi connectivity index (χ3v) is 3.41. The van der Waals surface area contributed by atoms with E-state index in [1.807, 2.05) is 6.79 Å². The summed E-state index contributed by atoms with van der Waals surface area (Å²) in [5.74, 6) is 1.13. The Balaban J connectivity index is 0. The van der Waals surface area contributed by atoms with Gasteiger partial charge in [-0.25, -0.2) is 9.13 Å². The maximum atomic E-state index is 8.00. The zero-order chi connectivity index (χ0) is 18.8. The Labute approximate surface area is 157 Å². The fourth-order valence-electron chi connectivity index (χ4n) is 2.16. The average Bonchev–Trinajstić information content (AvgIpc) is 3.02. The molecule has 154 valence electrons. The summed E-state index contributed by atoms with van der Waals surface area (Å²) in [6, 6.07) is 0. The summed E-state index contributed by atoms with van der Waals surface area (Å²) in [4.78, 5) is 8.00. The monoisotopic (exact) mass is 377 g/mol. The third kappa shape index (κ3) is 12.1. The minimum atomic E-state index is 0. The maximum Gasteiger partial charge on any atom is 0.282 e. The van der Waals surface area contributed by atoms with E-state index in [0.29, 0.717) is 39.6 Å². The van der Waals surface area contributed by atoms with Gasteiger partial charge in [-0.2, -0.15) is 0 Å². The van der Waals surface area contributed by atoms with Crippen LogP contribution in [0, 0.1) is 0 Å². The molecule has 0 N–H and O–H groups in total. The normalized spacial score (nSPS) is 10.1. The van der Waals surface area contributed by atoms with Crippen molar-refractivity contribution in [1.29, 1.82) is 0 Å². The molecular formula is C18H37N2O6+. The Kier molecular flexibility index (Phi) is 20.7. The van der Waals surface area contributed by atoms with Crippen LogP contribution in [0.25, 0.3) is 0 Å². The molecule has 8 nitrogen and oxygen atoms in total. The van der Waals surface area contributed by atoms with Crippen molar-refractivity contribution in [2.45, 2.75) is 33.5 Å². The standard InChI is InChI=1S/C16H31N2O5.CH2O.CH4/c1-19-9-4-5-17-6-7-18(8-10-22-13-11-20-2)16(17)15-23-14-12-21-3;1-2;/h6-7H,4-5,8-15H2,1-3H3;1H2;1H4/q+1;;. The Morgan fingerprint density at radius 1 is 0.923 bits per heavy atom. The van der Waals surface area contributed by atoms with Gasteiger partial charge >= 0.3 is 0 Å². The molecule has 0 amide bonds. The van der Waals surface area contributed by atoms with E-state index in [4.69, 9.17) is 28.5 Å². The van der Waals surface area contributed by atoms with E-state index in [1.54, 1.807) is 21.3 Å². The molecule has 0 spiro atoms. The van der Waals surface area contributed by atoms with Gasteiger partial charge in [-0.3, -0.25) is 0 Å². The van der Waals surface area contributed by atoms with E-state index in [1.165, 1.54) is 0 Å². The highest BCUT2D eigenvalue weighted by molar-refractivity contribution is 5.11. The van der Waals surface area contributed by atoms with Gasteiger partial charge in [0.1, 0.15) is 32.3 Å². The number of hydrogen-bond acceptors (Lipinski definition) is 6. The van der Waals surface area contributed by atoms with Crippen LogP contribution in [0.2, 0.25) is 0 Å². The summed E-state index contributed by atoms with van der Waals surface area (Å²) in [7, 11) is 5.07. The van der Waals surface area contributed by atoms with Crippen molar-refractivity contribution in [2.24, 2.45) is 0 Å². The molecule has 0 unspecified atom stereocenters. The molecule has 0 aromatic carbocycles. The Morgan fingerprint density at radius 3 is 2.15 bits per heavy atom. The first kappa shape index (κ1) is 26.9. The van der Waals surface area contributed by atoms with Gasteiger partial charge in [-0.15, -0.1) is 0 Å². The second-order valence-electron chi connectivity index (χ2n) is 5.10. The lowest BCUT2D eigenvalue weighted by molar-refractivity contribution is -0.706. The van der Waals surface area contributed by atoms with E-state index < -0.39 is 0 Å². The number of carbonyl (C=O) groups is 1. The molecule has 1 aromatic rings. The van der Waals surface area contributed by atoms with E-state index in [-0.39, 0.29) is 7.43 Å². The van der Waals surface area contributed by atoms with Crippen LogP contribution in [0.3, 0.4) is 0 Å². The number of imidazole rings is 1. The topological polar surface area (TPSA) is 72.0 Å².